The second kappa shape index (κ2) is 6.69. The van der Waals surface area contributed by atoms with E-state index in [9.17, 15) is 13.2 Å². The van der Waals surface area contributed by atoms with Crippen LogP contribution >= 0.6 is 15.9 Å². The zero-order valence-corrected chi connectivity index (χ0v) is 14.1. The summed E-state index contributed by atoms with van der Waals surface area (Å²) in [5.74, 6) is -0.215. The van der Waals surface area contributed by atoms with E-state index in [-0.39, 0.29) is 19.0 Å². The van der Waals surface area contributed by atoms with E-state index in [4.69, 9.17) is 0 Å². The molecular weight excluding hydrogens is 344 g/mol. The lowest BCUT2D eigenvalue weighted by atomic mass is 10.2. The molecule has 0 spiro atoms. The molecule has 0 aliphatic heterocycles. The number of amides is 1. The summed E-state index contributed by atoms with van der Waals surface area (Å²) in [7, 11) is -3.17. The van der Waals surface area contributed by atoms with Gasteiger partial charge in [-0.3, -0.25) is 4.79 Å². The minimum absolute atomic E-state index is 0.0610. The Morgan fingerprint density at radius 1 is 1.35 bits per heavy atom. The highest BCUT2D eigenvalue weighted by Gasteiger charge is 2.29. The summed E-state index contributed by atoms with van der Waals surface area (Å²) in [6, 6.07) is 7.25. The SMILES string of the molecule is CC(C)(CNCC(=O)Nc1cccc(Br)c1)S(C)(=O)=O. The summed E-state index contributed by atoms with van der Waals surface area (Å²) in [6.07, 6.45) is 1.19. The number of nitrogens with one attached hydrogen (secondary N) is 2. The molecule has 0 bridgehead atoms. The summed E-state index contributed by atoms with van der Waals surface area (Å²) in [5, 5.41) is 5.59. The summed E-state index contributed by atoms with van der Waals surface area (Å²) in [4.78, 5) is 11.7. The Hall–Kier alpha value is -0.920. The fourth-order valence-corrected chi connectivity index (χ4v) is 2.14. The van der Waals surface area contributed by atoms with Gasteiger partial charge in [0, 0.05) is 23.0 Å². The van der Waals surface area contributed by atoms with Crippen molar-refractivity contribution in [2.75, 3.05) is 24.7 Å². The molecule has 20 heavy (non-hydrogen) atoms. The van der Waals surface area contributed by atoms with Gasteiger partial charge in [0.1, 0.15) is 0 Å². The van der Waals surface area contributed by atoms with Crippen molar-refractivity contribution in [3.05, 3.63) is 28.7 Å². The topological polar surface area (TPSA) is 75.3 Å². The molecule has 1 aromatic carbocycles. The van der Waals surface area contributed by atoms with Crippen molar-refractivity contribution in [3.63, 3.8) is 0 Å². The summed E-state index contributed by atoms with van der Waals surface area (Å²) in [5.41, 5.74) is 0.688. The van der Waals surface area contributed by atoms with E-state index in [1.54, 1.807) is 26.0 Å². The molecule has 7 heteroatoms. The molecule has 0 saturated carbocycles. The zero-order valence-electron chi connectivity index (χ0n) is 11.7. The molecule has 0 aromatic heterocycles. The van der Waals surface area contributed by atoms with Gasteiger partial charge < -0.3 is 10.6 Å². The monoisotopic (exact) mass is 362 g/mol. The summed E-state index contributed by atoms with van der Waals surface area (Å²) < 4.78 is 23.0. The van der Waals surface area contributed by atoms with Crippen LogP contribution in [-0.2, 0) is 14.6 Å². The molecule has 0 unspecified atom stereocenters. The second-order valence-electron chi connectivity index (χ2n) is 5.19. The minimum atomic E-state index is -3.17. The molecular formula is C13H19BrN2O3S. The number of carbonyl (C=O) groups excluding carboxylic acids is 1. The fourth-order valence-electron chi connectivity index (χ4n) is 1.38. The molecule has 0 radical (unpaired) electrons. The van der Waals surface area contributed by atoms with Gasteiger partial charge in [0.2, 0.25) is 5.91 Å². The maximum absolute atomic E-state index is 11.7. The minimum Gasteiger partial charge on any atom is -0.325 e. The van der Waals surface area contributed by atoms with Gasteiger partial charge in [0.15, 0.2) is 9.84 Å². The summed E-state index contributed by atoms with van der Waals surface area (Å²) >= 11 is 3.32. The van der Waals surface area contributed by atoms with E-state index in [0.29, 0.717) is 5.69 Å². The van der Waals surface area contributed by atoms with Gasteiger partial charge in [-0.25, -0.2) is 8.42 Å². The molecule has 112 valence electrons. The Bertz CT molecular complexity index is 585. The van der Waals surface area contributed by atoms with Crippen molar-refractivity contribution in [3.8, 4) is 0 Å². The number of hydrogen-bond donors (Lipinski definition) is 2. The molecule has 0 aliphatic carbocycles. The lowest BCUT2D eigenvalue weighted by Crippen LogP contribution is -2.43. The van der Waals surface area contributed by atoms with Gasteiger partial charge in [-0.05, 0) is 32.0 Å². The van der Waals surface area contributed by atoms with Crippen molar-refractivity contribution in [2.24, 2.45) is 0 Å². The van der Waals surface area contributed by atoms with Crippen molar-refractivity contribution < 1.29 is 13.2 Å². The molecule has 0 saturated heterocycles. The summed E-state index contributed by atoms with van der Waals surface area (Å²) in [6.45, 7) is 3.53. The molecule has 0 atom stereocenters. The molecule has 0 aliphatic rings. The Balaban J connectivity index is 2.45. The van der Waals surface area contributed by atoms with Gasteiger partial charge in [-0.15, -0.1) is 0 Å². The lowest BCUT2D eigenvalue weighted by molar-refractivity contribution is -0.115. The van der Waals surface area contributed by atoms with Crippen LogP contribution in [0.4, 0.5) is 5.69 Å². The van der Waals surface area contributed by atoms with Crippen molar-refractivity contribution >= 4 is 37.4 Å². The van der Waals surface area contributed by atoms with Gasteiger partial charge in [-0.2, -0.15) is 0 Å². The van der Waals surface area contributed by atoms with E-state index < -0.39 is 14.6 Å². The molecule has 1 amide bonds. The van der Waals surface area contributed by atoms with Gasteiger partial charge in [-0.1, -0.05) is 22.0 Å². The highest BCUT2D eigenvalue weighted by molar-refractivity contribution is 9.10. The Morgan fingerprint density at radius 3 is 2.55 bits per heavy atom. The van der Waals surface area contributed by atoms with Gasteiger partial charge in [0.05, 0.1) is 11.3 Å². The number of halogens is 1. The molecule has 1 rings (SSSR count). The van der Waals surface area contributed by atoms with E-state index in [0.717, 1.165) is 4.47 Å². The Morgan fingerprint density at radius 2 is 2.00 bits per heavy atom. The van der Waals surface area contributed by atoms with Crippen LogP contribution in [0.15, 0.2) is 28.7 Å². The lowest BCUT2D eigenvalue weighted by Gasteiger charge is -2.22. The average Bonchev–Trinajstić information content (AvgIpc) is 2.26. The first-order chi connectivity index (χ1) is 9.12. The van der Waals surface area contributed by atoms with E-state index in [2.05, 4.69) is 26.6 Å². The first kappa shape index (κ1) is 17.1. The number of anilines is 1. The third kappa shape index (κ3) is 5.22. The third-order valence-electron chi connectivity index (χ3n) is 2.95. The highest BCUT2D eigenvalue weighted by atomic mass is 79.9. The first-order valence-electron chi connectivity index (χ1n) is 6.07. The van der Waals surface area contributed by atoms with E-state index >= 15 is 0 Å². The second-order valence-corrected chi connectivity index (χ2v) is 8.76. The van der Waals surface area contributed by atoms with Crippen LogP contribution in [0, 0.1) is 0 Å². The average molecular weight is 363 g/mol. The van der Waals surface area contributed by atoms with Crippen LogP contribution in [0.1, 0.15) is 13.8 Å². The van der Waals surface area contributed by atoms with Gasteiger partial charge >= 0.3 is 0 Å². The van der Waals surface area contributed by atoms with Crippen molar-refractivity contribution in [2.45, 2.75) is 18.6 Å². The Labute approximate surface area is 128 Å². The van der Waals surface area contributed by atoms with Crippen LogP contribution in [0.2, 0.25) is 0 Å². The number of carbonyl (C=O) groups is 1. The first-order valence-corrected chi connectivity index (χ1v) is 8.76. The predicted octanol–water partition coefficient (Wildman–Crippen LogP) is 1.80. The zero-order chi connectivity index (χ0) is 15.4. The standard InChI is InChI=1S/C13H19BrN2O3S/c1-13(2,20(3,18)19)9-15-8-12(17)16-11-6-4-5-10(14)7-11/h4-7,15H,8-9H2,1-3H3,(H,16,17). The molecule has 1 aromatic rings. The number of benzene rings is 1. The van der Waals surface area contributed by atoms with Crippen LogP contribution < -0.4 is 10.6 Å². The normalized spacial score (nSPS) is 12.2. The molecule has 2 N–H and O–H groups in total. The maximum atomic E-state index is 11.7. The van der Waals surface area contributed by atoms with Crippen molar-refractivity contribution in [1.82, 2.24) is 5.32 Å². The smallest absolute Gasteiger partial charge is 0.238 e. The van der Waals surface area contributed by atoms with Crippen molar-refractivity contribution in [1.29, 1.82) is 0 Å². The molecule has 5 nitrogen and oxygen atoms in total. The van der Waals surface area contributed by atoms with Crippen LogP contribution in [-0.4, -0.2) is 38.4 Å². The maximum Gasteiger partial charge on any atom is 0.238 e. The molecule has 0 fully saturated rings. The number of rotatable bonds is 6. The van der Waals surface area contributed by atoms with Crippen LogP contribution in [0.3, 0.4) is 0 Å². The Kier molecular flexibility index (Phi) is 5.73. The largest absolute Gasteiger partial charge is 0.325 e. The number of sulfone groups is 1. The fraction of sp³-hybridized carbons (Fsp3) is 0.462. The van der Waals surface area contributed by atoms with Crippen LogP contribution in [0.5, 0.6) is 0 Å². The van der Waals surface area contributed by atoms with E-state index in [1.807, 2.05) is 12.1 Å². The quantitative estimate of drug-likeness (QED) is 0.808. The highest BCUT2D eigenvalue weighted by Crippen LogP contribution is 2.15. The molecule has 0 heterocycles. The van der Waals surface area contributed by atoms with Gasteiger partial charge in [0.25, 0.3) is 0 Å². The van der Waals surface area contributed by atoms with Crippen LogP contribution in [0.25, 0.3) is 0 Å². The third-order valence-corrected chi connectivity index (χ3v) is 5.59. The predicted molar refractivity (Wildman–Crippen MR) is 84.6 cm³/mol. The number of hydrogen-bond acceptors (Lipinski definition) is 4. The van der Waals surface area contributed by atoms with E-state index in [1.165, 1.54) is 6.26 Å².